The maximum atomic E-state index is 11.2. The number of carboxylic acid groups (broad SMARTS) is 1. The summed E-state index contributed by atoms with van der Waals surface area (Å²) in [6.07, 6.45) is 5.21. The van der Waals surface area contributed by atoms with Crippen molar-refractivity contribution in [2.75, 3.05) is 6.54 Å². The van der Waals surface area contributed by atoms with Crippen LogP contribution in [0.25, 0.3) is 0 Å². The van der Waals surface area contributed by atoms with Gasteiger partial charge in [-0.15, -0.1) is 0 Å². The van der Waals surface area contributed by atoms with Crippen molar-refractivity contribution in [3.8, 4) is 5.75 Å². The van der Waals surface area contributed by atoms with Crippen molar-refractivity contribution in [1.82, 2.24) is 0 Å². The third-order valence-electron chi connectivity index (χ3n) is 3.75. The summed E-state index contributed by atoms with van der Waals surface area (Å²) in [4.78, 5) is 11.2. The lowest BCUT2D eigenvalue weighted by atomic mass is 9.92. The normalized spacial score (nSPS) is 16.5. The van der Waals surface area contributed by atoms with Crippen molar-refractivity contribution in [1.29, 1.82) is 0 Å². The number of phenols is 1. The number of aryl methyl sites for hydroxylation is 1. The molecule has 0 fully saturated rings. The Kier molecular flexibility index (Phi) is 4.47. The van der Waals surface area contributed by atoms with Gasteiger partial charge in [0.25, 0.3) is 0 Å². The number of phenolic OH excluding ortho intramolecular Hbond substituents is 1. The SMILES string of the molecule is NCC(C(=O)O)c1cc2c(c(Br)c1O)CCCCC2. The molecule has 2 rings (SSSR count). The number of nitrogens with two attached hydrogens (primary N) is 1. The molecule has 104 valence electrons. The van der Waals surface area contributed by atoms with Crippen LogP contribution in [0.3, 0.4) is 0 Å². The lowest BCUT2D eigenvalue weighted by Crippen LogP contribution is -2.21. The molecule has 1 aromatic rings. The number of halogens is 1. The van der Waals surface area contributed by atoms with E-state index in [9.17, 15) is 15.0 Å². The van der Waals surface area contributed by atoms with Crippen LogP contribution in [-0.2, 0) is 17.6 Å². The molecule has 1 aliphatic carbocycles. The predicted octanol–water partition coefficient (Wildman–Crippen LogP) is 2.55. The first-order valence-corrected chi connectivity index (χ1v) is 7.31. The van der Waals surface area contributed by atoms with Crippen molar-refractivity contribution < 1.29 is 15.0 Å². The van der Waals surface area contributed by atoms with Crippen LogP contribution in [-0.4, -0.2) is 22.7 Å². The molecule has 1 atom stereocenters. The van der Waals surface area contributed by atoms with E-state index >= 15 is 0 Å². The zero-order valence-corrected chi connectivity index (χ0v) is 12.2. The van der Waals surface area contributed by atoms with Crippen LogP contribution < -0.4 is 5.73 Å². The number of aromatic hydroxyl groups is 1. The lowest BCUT2D eigenvalue weighted by Gasteiger charge is -2.18. The topological polar surface area (TPSA) is 83.6 Å². The fraction of sp³-hybridized carbons (Fsp3) is 0.500. The number of benzene rings is 1. The van der Waals surface area contributed by atoms with Gasteiger partial charge in [-0.1, -0.05) is 12.5 Å². The Balaban J connectivity index is 2.54. The molecule has 0 aliphatic heterocycles. The molecule has 4 N–H and O–H groups in total. The molecule has 1 aromatic carbocycles. The summed E-state index contributed by atoms with van der Waals surface area (Å²) in [6, 6.07) is 1.83. The van der Waals surface area contributed by atoms with Gasteiger partial charge in [-0.2, -0.15) is 0 Å². The van der Waals surface area contributed by atoms with Gasteiger partial charge in [0.2, 0.25) is 0 Å². The Morgan fingerprint density at radius 2 is 2.05 bits per heavy atom. The molecule has 0 spiro atoms. The minimum absolute atomic E-state index is 0.0197. The van der Waals surface area contributed by atoms with E-state index in [0.717, 1.165) is 43.2 Å². The summed E-state index contributed by atoms with van der Waals surface area (Å²) in [7, 11) is 0. The Bertz CT molecular complexity index is 502. The molecule has 5 heteroatoms. The summed E-state index contributed by atoms with van der Waals surface area (Å²) in [6.45, 7) is -0.0197. The largest absolute Gasteiger partial charge is 0.506 e. The molecule has 0 bridgehead atoms. The van der Waals surface area contributed by atoms with E-state index < -0.39 is 11.9 Å². The lowest BCUT2D eigenvalue weighted by molar-refractivity contribution is -0.138. The average Bonchev–Trinajstić information content (AvgIpc) is 2.61. The van der Waals surface area contributed by atoms with Crippen molar-refractivity contribution in [3.05, 3.63) is 27.2 Å². The van der Waals surface area contributed by atoms with Crippen LogP contribution in [0.15, 0.2) is 10.5 Å². The third-order valence-corrected chi connectivity index (χ3v) is 4.60. The Labute approximate surface area is 120 Å². The van der Waals surface area contributed by atoms with Gasteiger partial charge in [0, 0.05) is 12.1 Å². The van der Waals surface area contributed by atoms with Gasteiger partial charge in [-0.3, -0.25) is 4.79 Å². The number of hydrogen-bond donors (Lipinski definition) is 3. The number of rotatable bonds is 3. The summed E-state index contributed by atoms with van der Waals surface area (Å²) in [5.41, 5.74) is 8.19. The summed E-state index contributed by atoms with van der Waals surface area (Å²) in [5.74, 6) is -1.83. The van der Waals surface area contributed by atoms with Crippen LogP contribution >= 0.6 is 15.9 Å². The molecule has 0 amide bonds. The van der Waals surface area contributed by atoms with Gasteiger partial charge < -0.3 is 15.9 Å². The maximum Gasteiger partial charge on any atom is 0.312 e. The first-order valence-electron chi connectivity index (χ1n) is 6.52. The second-order valence-corrected chi connectivity index (χ2v) is 5.75. The first kappa shape index (κ1) is 14.3. The molecule has 0 aromatic heterocycles. The van der Waals surface area contributed by atoms with E-state index in [2.05, 4.69) is 15.9 Å². The number of aliphatic carboxylic acids is 1. The molecular weight excluding hydrogens is 310 g/mol. The quantitative estimate of drug-likeness (QED) is 0.745. The fourth-order valence-corrected chi connectivity index (χ4v) is 3.35. The number of carbonyl (C=O) groups is 1. The van der Waals surface area contributed by atoms with E-state index in [1.807, 2.05) is 6.07 Å². The van der Waals surface area contributed by atoms with Crippen LogP contribution in [0.1, 0.15) is 41.9 Å². The highest BCUT2D eigenvalue weighted by Crippen LogP contribution is 2.40. The second kappa shape index (κ2) is 5.92. The average molecular weight is 328 g/mol. The van der Waals surface area contributed by atoms with Crippen molar-refractivity contribution >= 4 is 21.9 Å². The molecular formula is C14H18BrNO3. The summed E-state index contributed by atoms with van der Waals surface area (Å²) < 4.78 is 0.640. The zero-order valence-electron chi connectivity index (χ0n) is 10.7. The molecule has 0 heterocycles. The molecule has 0 saturated carbocycles. The van der Waals surface area contributed by atoms with Crippen molar-refractivity contribution in [3.63, 3.8) is 0 Å². The van der Waals surface area contributed by atoms with Gasteiger partial charge in [0.15, 0.2) is 0 Å². The van der Waals surface area contributed by atoms with E-state index in [0.29, 0.717) is 10.0 Å². The van der Waals surface area contributed by atoms with Crippen LogP contribution in [0, 0.1) is 0 Å². The fourth-order valence-electron chi connectivity index (χ4n) is 2.67. The van der Waals surface area contributed by atoms with Crippen LogP contribution in [0.2, 0.25) is 0 Å². The minimum atomic E-state index is -1.00. The number of hydrogen-bond acceptors (Lipinski definition) is 3. The molecule has 0 saturated heterocycles. The minimum Gasteiger partial charge on any atom is -0.506 e. The third kappa shape index (κ3) is 2.77. The molecule has 4 nitrogen and oxygen atoms in total. The van der Waals surface area contributed by atoms with E-state index in [1.165, 1.54) is 0 Å². The highest BCUT2D eigenvalue weighted by molar-refractivity contribution is 9.10. The van der Waals surface area contributed by atoms with E-state index in [-0.39, 0.29) is 12.3 Å². The number of carboxylic acids is 1. The summed E-state index contributed by atoms with van der Waals surface area (Å²) in [5, 5.41) is 19.4. The first-order chi connectivity index (χ1) is 9.06. The van der Waals surface area contributed by atoms with Gasteiger partial charge in [-0.05, 0) is 52.7 Å². The highest BCUT2D eigenvalue weighted by atomic mass is 79.9. The number of fused-ring (bicyclic) bond motifs is 1. The highest BCUT2D eigenvalue weighted by Gasteiger charge is 2.26. The molecule has 19 heavy (non-hydrogen) atoms. The Hall–Kier alpha value is -1.07. The van der Waals surface area contributed by atoms with Gasteiger partial charge in [0.1, 0.15) is 5.75 Å². The maximum absolute atomic E-state index is 11.2. The molecule has 1 aliphatic rings. The standard InChI is InChI=1S/C14H18BrNO3/c15-12-9-5-3-1-2-4-8(9)6-10(13(12)17)11(7-16)14(18)19/h6,11,17H,1-5,7,16H2,(H,18,19). The molecule has 1 unspecified atom stereocenters. The van der Waals surface area contributed by atoms with Gasteiger partial charge in [0.05, 0.1) is 10.4 Å². The Morgan fingerprint density at radius 1 is 1.37 bits per heavy atom. The zero-order chi connectivity index (χ0) is 14.0. The molecule has 0 radical (unpaired) electrons. The van der Waals surface area contributed by atoms with Crippen molar-refractivity contribution in [2.45, 2.75) is 38.0 Å². The Morgan fingerprint density at radius 3 is 2.68 bits per heavy atom. The van der Waals surface area contributed by atoms with Crippen LogP contribution in [0.5, 0.6) is 5.75 Å². The van der Waals surface area contributed by atoms with Gasteiger partial charge >= 0.3 is 5.97 Å². The second-order valence-electron chi connectivity index (χ2n) is 4.95. The summed E-state index contributed by atoms with van der Waals surface area (Å²) >= 11 is 3.41. The van der Waals surface area contributed by atoms with E-state index in [4.69, 9.17) is 5.73 Å². The predicted molar refractivity (Wildman–Crippen MR) is 76.5 cm³/mol. The van der Waals surface area contributed by atoms with Gasteiger partial charge in [-0.25, -0.2) is 0 Å². The van der Waals surface area contributed by atoms with E-state index in [1.54, 1.807) is 0 Å². The van der Waals surface area contributed by atoms with Crippen molar-refractivity contribution in [2.24, 2.45) is 5.73 Å². The smallest absolute Gasteiger partial charge is 0.312 e. The van der Waals surface area contributed by atoms with Crippen LogP contribution in [0.4, 0.5) is 0 Å². The monoisotopic (exact) mass is 327 g/mol.